The first kappa shape index (κ1) is 17.1. The van der Waals surface area contributed by atoms with E-state index in [1.54, 1.807) is 0 Å². The predicted molar refractivity (Wildman–Crippen MR) is 99.3 cm³/mol. The van der Waals surface area contributed by atoms with Crippen molar-refractivity contribution < 1.29 is 4.79 Å². The van der Waals surface area contributed by atoms with E-state index in [0.717, 1.165) is 30.0 Å². The van der Waals surface area contributed by atoms with Crippen molar-refractivity contribution in [3.63, 3.8) is 0 Å². The topological polar surface area (TPSA) is 83.0 Å². The molecular weight excluding hydrogens is 316 g/mol. The van der Waals surface area contributed by atoms with Gasteiger partial charge in [0, 0.05) is 37.3 Å². The molecule has 0 unspecified atom stereocenters. The molecule has 1 heterocycles. The van der Waals surface area contributed by atoms with E-state index >= 15 is 0 Å². The third-order valence-electron chi connectivity index (χ3n) is 3.91. The van der Waals surface area contributed by atoms with Crippen LogP contribution in [0.1, 0.15) is 38.4 Å². The Labute approximate surface area is 147 Å². The molecule has 1 saturated carbocycles. The fourth-order valence-corrected chi connectivity index (χ4v) is 2.25. The Morgan fingerprint density at radius 3 is 2.28 bits per heavy atom. The van der Waals surface area contributed by atoms with Gasteiger partial charge >= 0.3 is 0 Å². The molecule has 1 aliphatic rings. The second-order valence-electron chi connectivity index (χ2n) is 6.83. The fourth-order valence-electron chi connectivity index (χ4n) is 2.25. The first-order chi connectivity index (χ1) is 11.9. The summed E-state index contributed by atoms with van der Waals surface area (Å²) in [6.07, 6.45) is 1.99. The molecule has 1 fully saturated rings. The second kappa shape index (κ2) is 7.04. The lowest BCUT2D eigenvalue weighted by atomic mass is 10.2. The molecule has 1 aromatic heterocycles. The van der Waals surface area contributed by atoms with Gasteiger partial charge in [-0.1, -0.05) is 13.8 Å². The van der Waals surface area contributed by atoms with Gasteiger partial charge in [-0.25, -0.2) is 0 Å². The third kappa shape index (κ3) is 4.43. The summed E-state index contributed by atoms with van der Waals surface area (Å²) in [7, 11) is 3.81. The highest BCUT2D eigenvalue weighted by atomic mass is 16.2. The normalized spacial score (nSPS) is 13.6. The number of carbonyl (C=O) groups excluding carboxylic acids is 1. The van der Waals surface area contributed by atoms with Crippen LogP contribution < -0.4 is 15.5 Å². The number of nitrogens with one attached hydrogen (secondary N) is 2. The third-order valence-corrected chi connectivity index (χ3v) is 3.91. The molecule has 25 heavy (non-hydrogen) atoms. The summed E-state index contributed by atoms with van der Waals surface area (Å²) < 4.78 is 0. The van der Waals surface area contributed by atoms with Crippen LogP contribution in [-0.4, -0.2) is 35.0 Å². The number of nitrogens with zero attached hydrogens (tertiary/aromatic N) is 4. The number of benzene rings is 1. The molecular formula is C18H24N6O. The molecule has 2 N–H and O–H groups in total. The number of hydrogen-bond donors (Lipinski definition) is 2. The number of hydrogen-bond acceptors (Lipinski definition) is 6. The van der Waals surface area contributed by atoms with Gasteiger partial charge in [0.1, 0.15) is 5.82 Å². The van der Waals surface area contributed by atoms with Crippen LogP contribution in [0.5, 0.6) is 0 Å². The molecule has 132 valence electrons. The summed E-state index contributed by atoms with van der Waals surface area (Å²) in [4.78, 5) is 27.0. The van der Waals surface area contributed by atoms with Gasteiger partial charge in [0.15, 0.2) is 0 Å². The number of rotatable bonds is 6. The molecule has 1 aliphatic carbocycles. The quantitative estimate of drug-likeness (QED) is 0.840. The standard InChI is InChI=1S/C18H24N6O/c1-11(2)15-21-17(23-18(22-15)24(3)4)20-14-9-7-13(8-10-14)19-16(25)12-5-6-12/h7-12H,5-6H2,1-4H3,(H,19,25)(H,20,21,22,23). The van der Waals surface area contributed by atoms with E-state index in [9.17, 15) is 4.79 Å². The molecule has 7 nitrogen and oxygen atoms in total. The Bertz CT molecular complexity index is 726. The minimum absolute atomic E-state index is 0.107. The number of carbonyl (C=O) groups is 1. The zero-order chi connectivity index (χ0) is 18.0. The van der Waals surface area contributed by atoms with Crippen LogP contribution in [0.4, 0.5) is 23.3 Å². The first-order valence-electron chi connectivity index (χ1n) is 8.53. The van der Waals surface area contributed by atoms with Crippen molar-refractivity contribution in [1.29, 1.82) is 0 Å². The molecule has 0 atom stereocenters. The second-order valence-corrected chi connectivity index (χ2v) is 6.83. The summed E-state index contributed by atoms with van der Waals surface area (Å²) in [6.45, 7) is 4.10. The number of amides is 1. The Morgan fingerprint density at radius 1 is 1.08 bits per heavy atom. The minimum Gasteiger partial charge on any atom is -0.347 e. The molecule has 0 aliphatic heterocycles. The Hall–Kier alpha value is -2.70. The highest BCUT2D eigenvalue weighted by Gasteiger charge is 2.29. The minimum atomic E-state index is 0.107. The van der Waals surface area contributed by atoms with Crippen LogP contribution in [0.15, 0.2) is 24.3 Å². The van der Waals surface area contributed by atoms with Gasteiger partial charge in [-0.15, -0.1) is 0 Å². The van der Waals surface area contributed by atoms with E-state index < -0.39 is 0 Å². The van der Waals surface area contributed by atoms with Gasteiger partial charge in [-0.05, 0) is 37.1 Å². The maximum absolute atomic E-state index is 11.8. The summed E-state index contributed by atoms with van der Waals surface area (Å²) in [5.74, 6) is 2.39. The van der Waals surface area contributed by atoms with Crippen LogP contribution in [0.3, 0.4) is 0 Å². The molecule has 3 rings (SSSR count). The molecule has 0 spiro atoms. The van der Waals surface area contributed by atoms with Gasteiger partial charge < -0.3 is 15.5 Å². The van der Waals surface area contributed by atoms with Gasteiger partial charge in [-0.3, -0.25) is 4.79 Å². The predicted octanol–water partition coefficient (Wildman–Crippen LogP) is 3.15. The highest BCUT2D eigenvalue weighted by molar-refractivity contribution is 5.94. The zero-order valence-electron chi connectivity index (χ0n) is 15.1. The fraction of sp³-hybridized carbons (Fsp3) is 0.444. The smallest absolute Gasteiger partial charge is 0.232 e. The SMILES string of the molecule is CC(C)c1nc(Nc2ccc(NC(=O)C3CC3)cc2)nc(N(C)C)n1. The summed E-state index contributed by atoms with van der Waals surface area (Å²) in [5.41, 5.74) is 1.66. The van der Waals surface area contributed by atoms with Crippen LogP contribution >= 0.6 is 0 Å². The van der Waals surface area contributed by atoms with Gasteiger partial charge in [0.05, 0.1) is 0 Å². The van der Waals surface area contributed by atoms with E-state index in [-0.39, 0.29) is 17.7 Å². The molecule has 2 aromatic rings. The largest absolute Gasteiger partial charge is 0.347 e. The average Bonchev–Trinajstić information content (AvgIpc) is 3.41. The van der Waals surface area contributed by atoms with Gasteiger partial charge in [-0.2, -0.15) is 15.0 Å². The van der Waals surface area contributed by atoms with Crippen molar-refractivity contribution in [3.05, 3.63) is 30.1 Å². The van der Waals surface area contributed by atoms with E-state index in [4.69, 9.17) is 0 Å². The van der Waals surface area contributed by atoms with E-state index in [1.165, 1.54) is 0 Å². The lowest BCUT2D eigenvalue weighted by Gasteiger charge is -2.15. The van der Waals surface area contributed by atoms with Crippen molar-refractivity contribution in [2.45, 2.75) is 32.6 Å². The Morgan fingerprint density at radius 2 is 1.72 bits per heavy atom. The van der Waals surface area contributed by atoms with Gasteiger partial charge in [0.25, 0.3) is 0 Å². The van der Waals surface area contributed by atoms with Crippen LogP contribution in [0.25, 0.3) is 0 Å². The molecule has 1 aromatic carbocycles. The summed E-state index contributed by atoms with van der Waals surface area (Å²) in [5, 5.41) is 6.14. The average molecular weight is 340 g/mol. The van der Waals surface area contributed by atoms with Crippen molar-refractivity contribution in [1.82, 2.24) is 15.0 Å². The monoisotopic (exact) mass is 340 g/mol. The first-order valence-corrected chi connectivity index (χ1v) is 8.53. The zero-order valence-corrected chi connectivity index (χ0v) is 15.1. The lowest BCUT2D eigenvalue weighted by Crippen LogP contribution is -2.16. The molecule has 7 heteroatoms. The molecule has 0 saturated heterocycles. The molecule has 0 radical (unpaired) electrons. The summed E-state index contributed by atoms with van der Waals surface area (Å²) in [6, 6.07) is 7.55. The van der Waals surface area contributed by atoms with Crippen molar-refractivity contribution in [2.24, 2.45) is 5.92 Å². The maximum atomic E-state index is 11.8. The number of aromatic nitrogens is 3. The van der Waals surface area contributed by atoms with Crippen molar-refractivity contribution in [2.75, 3.05) is 29.6 Å². The summed E-state index contributed by atoms with van der Waals surface area (Å²) >= 11 is 0. The molecule has 1 amide bonds. The van der Waals surface area contributed by atoms with Crippen molar-refractivity contribution >= 4 is 29.2 Å². The maximum Gasteiger partial charge on any atom is 0.232 e. The highest BCUT2D eigenvalue weighted by Crippen LogP contribution is 2.30. The lowest BCUT2D eigenvalue weighted by molar-refractivity contribution is -0.117. The van der Waals surface area contributed by atoms with Crippen LogP contribution in [0.2, 0.25) is 0 Å². The van der Waals surface area contributed by atoms with E-state index in [1.807, 2.05) is 43.3 Å². The van der Waals surface area contributed by atoms with Crippen molar-refractivity contribution in [3.8, 4) is 0 Å². The Kier molecular flexibility index (Phi) is 4.83. The number of anilines is 4. The van der Waals surface area contributed by atoms with Gasteiger partial charge in [0.2, 0.25) is 17.8 Å². The van der Waals surface area contributed by atoms with Crippen LogP contribution in [-0.2, 0) is 4.79 Å². The van der Waals surface area contributed by atoms with E-state index in [2.05, 4.69) is 39.4 Å². The molecule has 0 bridgehead atoms. The van der Waals surface area contributed by atoms with E-state index in [0.29, 0.717) is 11.9 Å². The Balaban J connectivity index is 1.73. The van der Waals surface area contributed by atoms with Crippen LogP contribution in [0, 0.1) is 5.92 Å².